The van der Waals surface area contributed by atoms with Gasteiger partial charge < -0.3 is 19.2 Å². The topological polar surface area (TPSA) is 80.0 Å². The van der Waals surface area contributed by atoms with Crippen molar-refractivity contribution in [3.05, 3.63) is 89.9 Å². The van der Waals surface area contributed by atoms with E-state index in [-0.39, 0.29) is 25.4 Å². The van der Waals surface area contributed by atoms with E-state index < -0.39 is 11.5 Å². The summed E-state index contributed by atoms with van der Waals surface area (Å²) in [6.45, 7) is 2.49. The molecule has 0 saturated carbocycles. The van der Waals surface area contributed by atoms with Crippen molar-refractivity contribution in [3.63, 3.8) is 0 Å². The third kappa shape index (κ3) is 4.29. The molecule has 1 unspecified atom stereocenters. The van der Waals surface area contributed by atoms with Crippen molar-refractivity contribution in [1.29, 1.82) is 0 Å². The SMILES string of the molecule is Cc1cccc(OCCN2C(=O)C(O)(CC(=O)/C=C/c3ccco3)c3ccccc32)c1. The lowest BCUT2D eigenvalue weighted by molar-refractivity contribution is -0.140. The number of nitrogens with zero attached hydrogens (tertiary/aromatic N) is 1. The van der Waals surface area contributed by atoms with Crippen LogP contribution < -0.4 is 9.64 Å². The number of carbonyl (C=O) groups excluding carboxylic acids is 2. The maximum absolute atomic E-state index is 13.2. The maximum Gasteiger partial charge on any atom is 0.264 e. The standard InChI is InChI=1S/C25H23NO5/c1-18-6-4-7-21(16-18)31-15-13-26-23-10-3-2-9-22(23)25(29,24(26)28)17-19(27)11-12-20-8-5-14-30-20/h2-12,14,16,29H,13,15,17H2,1H3/b12-11+. The molecular formula is C25H23NO5. The van der Waals surface area contributed by atoms with Gasteiger partial charge in [-0.15, -0.1) is 0 Å². The lowest BCUT2D eigenvalue weighted by atomic mass is 9.90. The average molecular weight is 417 g/mol. The lowest BCUT2D eigenvalue weighted by Crippen LogP contribution is -2.43. The highest BCUT2D eigenvalue weighted by Crippen LogP contribution is 2.42. The van der Waals surface area contributed by atoms with E-state index in [9.17, 15) is 14.7 Å². The third-order valence-corrected chi connectivity index (χ3v) is 5.22. The summed E-state index contributed by atoms with van der Waals surface area (Å²) in [4.78, 5) is 27.2. The zero-order valence-electron chi connectivity index (χ0n) is 17.2. The fraction of sp³-hybridized carbons (Fsp3) is 0.200. The van der Waals surface area contributed by atoms with E-state index in [1.54, 1.807) is 36.4 Å². The number of carbonyl (C=O) groups is 2. The van der Waals surface area contributed by atoms with Gasteiger partial charge in [-0.1, -0.05) is 30.3 Å². The molecule has 1 aliphatic rings. The van der Waals surface area contributed by atoms with Crippen molar-refractivity contribution in [2.75, 3.05) is 18.1 Å². The predicted octanol–water partition coefficient (Wildman–Crippen LogP) is 3.87. The molecule has 0 bridgehead atoms. The second-order valence-corrected chi connectivity index (χ2v) is 7.49. The Hall–Kier alpha value is -3.64. The molecule has 1 atom stereocenters. The van der Waals surface area contributed by atoms with Crippen molar-refractivity contribution >= 4 is 23.5 Å². The van der Waals surface area contributed by atoms with Gasteiger partial charge in [0.15, 0.2) is 11.4 Å². The molecule has 1 aliphatic heterocycles. The predicted molar refractivity (Wildman–Crippen MR) is 117 cm³/mol. The summed E-state index contributed by atoms with van der Waals surface area (Å²) in [5, 5.41) is 11.3. The Kier molecular flexibility index (Phi) is 5.73. The Morgan fingerprint density at radius 1 is 1.16 bits per heavy atom. The summed E-state index contributed by atoms with van der Waals surface area (Å²) in [7, 11) is 0. The highest BCUT2D eigenvalue weighted by molar-refractivity contribution is 6.10. The molecule has 0 radical (unpaired) electrons. The van der Waals surface area contributed by atoms with Crippen molar-refractivity contribution < 1.29 is 23.8 Å². The number of aryl methyl sites for hydroxylation is 1. The summed E-state index contributed by atoms with van der Waals surface area (Å²) in [6.07, 6.45) is 3.99. The number of benzene rings is 2. The number of hydrogen-bond donors (Lipinski definition) is 1. The quantitative estimate of drug-likeness (QED) is 0.563. The number of hydrogen-bond acceptors (Lipinski definition) is 5. The molecule has 158 valence electrons. The van der Waals surface area contributed by atoms with Crippen molar-refractivity contribution in [2.24, 2.45) is 0 Å². The van der Waals surface area contributed by atoms with E-state index >= 15 is 0 Å². The van der Waals surface area contributed by atoms with Gasteiger partial charge >= 0.3 is 0 Å². The van der Waals surface area contributed by atoms with Crippen LogP contribution in [0.15, 0.2) is 77.4 Å². The Balaban J connectivity index is 1.49. The first kappa shape index (κ1) is 20.6. The van der Waals surface area contributed by atoms with Crippen LogP contribution >= 0.6 is 0 Å². The molecule has 6 nitrogen and oxygen atoms in total. The van der Waals surface area contributed by atoms with E-state index in [0.29, 0.717) is 22.8 Å². The van der Waals surface area contributed by atoms with Gasteiger partial charge in [-0.2, -0.15) is 0 Å². The second kappa shape index (κ2) is 8.62. The average Bonchev–Trinajstić information content (AvgIpc) is 3.34. The summed E-state index contributed by atoms with van der Waals surface area (Å²) in [5.41, 5.74) is 0.182. The number of para-hydroxylation sites is 1. The number of allylic oxidation sites excluding steroid dienone is 1. The normalized spacial score (nSPS) is 17.9. The highest BCUT2D eigenvalue weighted by Gasteiger charge is 2.50. The fourth-order valence-electron chi connectivity index (χ4n) is 3.73. The number of rotatable bonds is 8. The van der Waals surface area contributed by atoms with E-state index in [1.165, 1.54) is 23.3 Å². The van der Waals surface area contributed by atoms with Crippen molar-refractivity contribution in [3.8, 4) is 5.75 Å². The van der Waals surface area contributed by atoms with Gasteiger partial charge in [0, 0.05) is 5.56 Å². The Bertz CT molecular complexity index is 1120. The van der Waals surface area contributed by atoms with Crippen LogP contribution in [-0.4, -0.2) is 29.9 Å². The molecule has 1 aromatic heterocycles. The first-order valence-electron chi connectivity index (χ1n) is 10.0. The molecule has 3 aromatic rings. The van der Waals surface area contributed by atoms with Crippen LogP contribution in [0.5, 0.6) is 5.75 Å². The van der Waals surface area contributed by atoms with Crippen molar-refractivity contribution in [1.82, 2.24) is 0 Å². The molecule has 0 saturated heterocycles. The number of furan rings is 1. The lowest BCUT2D eigenvalue weighted by Gasteiger charge is -2.22. The zero-order chi connectivity index (χ0) is 21.8. The molecular weight excluding hydrogens is 394 g/mol. The molecule has 2 aromatic carbocycles. The largest absolute Gasteiger partial charge is 0.492 e. The number of ketones is 1. The van der Waals surface area contributed by atoms with Crippen LogP contribution in [0.1, 0.15) is 23.3 Å². The first-order chi connectivity index (χ1) is 15.0. The zero-order valence-corrected chi connectivity index (χ0v) is 17.2. The molecule has 0 spiro atoms. The van der Waals surface area contributed by atoms with Crippen LogP contribution in [0, 0.1) is 6.92 Å². The van der Waals surface area contributed by atoms with Gasteiger partial charge in [0.25, 0.3) is 5.91 Å². The van der Waals surface area contributed by atoms with Crippen LogP contribution in [0.3, 0.4) is 0 Å². The monoisotopic (exact) mass is 417 g/mol. The minimum atomic E-state index is -1.91. The second-order valence-electron chi connectivity index (χ2n) is 7.49. The highest BCUT2D eigenvalue weighted by atomic mass is 16.5. The van der Waals surface area contributed by atoms with E-state index in [4.69, 9.17) is 9.15 Å². The van der Waals surface area contributed by atoms with Crippen LogP contribution in [0.25, 0.3) is 6.08 Å². The van der Waals surface area contributed by atoms with Crippen LogP contribution in [0.2, 0.25) is 0 Å². The van der Waals surface area contributed by atoms with E-state index in [0.717, 1.165) is 5.56 Å². The molecule has 1 N–H and O–H groups in total. The molecule has 0 aliphatic carbocycles. The first-order valence-corrected chi connectivity index (χ1v) is 10.0. The van der Waals surface area contributed by atoms with E-state index in [2.05, 4.69) is 0 Å². The fourth-order valence-corrected chi connectivity index (χ4v) is 3.73. The summed E-state index contributed by atoms with van der Waals surface area (Å²) in [6, 6.07) is 18.1. The Morgan fingerprint density at radius 3 is 2.77 bits per heavy atom. The van der Waals surface area contributed by atoms with Gasteiger partial charge in [-0.3, -0.25) is 9.59 Å². The molecule has 6 heteroatoms. The van der Waals surface area contributed by atoms with Gasteiger partial charge in [-0.05, 0) is 55.0 Å². The molecule has 4 rings (SSSR count). The maximum atomic E-state index is 13.2. The molecule has 0 fully saturated rings. The minimum Gasteiger partial charge on any atom is -0.492 e. The molecule has 31 heavy (non-hydrogen) atoms. The molecule has 2 heterocycles. The smallest absolute Gasteiger partial charge is 0.264 e. The summed E-state index contributed by atoms with van der Waals surface area (Å²) < 4.78 is 10.9. The van der Waals surface area contributed by atoms with Crippen LogP contribution in [-0.2, 0) is 15.2 Å². The van der Waals surface area contributed by atoms with Gasteiger partial charge in [0.05, 0.1) is 24.9 Å². The Morgan fingerprint density at radius 2 is 2.00 bits per heavy atom. The van der Waals surface area contributed by atoms with Crippen molar-refractivity contribution in [2.45, 2.75) is 18.9 Å². The van der Waals surface area contributed by atoms with E-state index in [1.807, 2.05) is 31.2 Å². The van der Waals surface area contributed by atoms with Gasteiger partial charge in [0.1, 0.15) is 18.1 Å². The minimum absolute atomic E-state index is 0.253. The number of anilines is 1. The number of ether oxygens (including phenoxy) is 1. The summed E-state index contributed by atoms with van der Waals surface area (Å²) >= 11 is 0. The number of aliphatic hydroxyl groups is 1. The van der Waals surface area contributed by atoms with Gasteiger partial charge in [0.2, 0.25) is 0 Å². The number of amides is 1. The van der Waals surface area contributed by atoms with Gasteiger partial charge in [-0.25, -0.2) is 0 Å². The Labute approximate surface area is 180 Å². The van der Waals surface area contributed by atoms with Crippen LogP contribution in [0.4, 0.5) is 5.69 Å². The number of fused-ring (bicyclic) bond motifs is 1. The molecule has 1 amide bonds. The third-order valence-electron chi connectivity index (χ3n) is 5.22. The summed E-state index contributed by atoms with van der Waals surface area (Å²) in [5.74, 6) is 0.336.